The van der Waals surface area contributed by atoms with Gasteiger partial charge in [-0.05, 0) is 31.2 Å². The van der Waals surface area contributed by atoms with Crippen molar-refractivity contribution in [3.05, 3.63) is 24.3 Å². The van der Waals surface area contributed by atoms with E-state index >= 15 is 0 Å². The lowest BCUT2D eigenvalue weighted by Gasteiger charge is -2.26. The summed E-state index contributed by atoms with van der Waals surface area (Å²) in [7, 11) is 0. The van der Waals surface area contributed by atoms with Gasteiger partial charge in [-0.1, -0.05) is 18.6 Å². The van der Waals surface area contributed by atoms with Crippen molar-refractivity contribution in [3.63, 3.8) is 0 Å². The van der Waals surface area contributed by atoms with Crippen molar-refractivity contribution in [1.82, 2.24) is 4.90 Å². The third-order valence-corrected chi connectivity index (χ3v) is 3.70. The van der Waals surface area contributed by atoms with E-state index < -0.39 is 0 Å². The molecule has 0 bridgehead atoms. The zero-order valence-electron chi connectivity index (χ0n) is 9.82. The average molecular weight is 237 g/mol. The molecule has 0 N–H and O–H groups in total. The fourth-order valence-corrected chi connectivity index (χ4v) is 2.53. The number of benzene rings is 1. The summed E-state index contributed by atoms with van der Waals surface area (Å²) >= 11 is 1.74. The molecule has 1 fully saturated rings. The molecular weight excluding hydrogens is 218 g/mol. The summed E-state index contributed by atoms with van der Waals surface area (Å²) < 4.78 is 5.87. The Morgan fingerprint density at radius 3 is 2.69 bits per heavy atom. The molecule has 0 aliphatic carbocycles. The largest absolute Gasteiger partial charge is 0.477 e. The molecule has 1 aromatic carbocycles. The van der Waals surface area contributed by atoms with Crippen molar-refractivity contribution < 1.29 is 4.74 Å². The summed E-state index contributed by atoms with van der Waals surface area (Å²) in [5.74, 6) is 1.01. The Hall–Kier alpha value is -0.670. The lowest BCUT2D eigenvalue weighted by atomic mass is 10.1. The highest BCUT2D eigenvalue weighted by Crippen LogP contribution is 2.27. The predicted octanol–water partition coefficient (Wildman–Crippen LogP) is 3.23. The lowest BCUT2D eigenvalue weighted by Crippen LogP contribution is -2.33. The van der Waals surface area contributed by atoms with Crippen molar-refractivity contribution in [2.45, 2.75) is 24.2 Å². The van der Waals surface area contributed by atoms with Crippen LogP contribution in [0.5, 0.6) is 5.75 Å². The van der Waals surface area contributed by atoms with Crippen LogP contribution < -0.4 is 4.74 Å². The number of likely N-dealkylation sites (tertiary alicyclic amines) is 1. The molecule has 0 unspecified atom stereocenters. The minimum atomic E-state index is 0.734. The van der Waals surface area contributed by atoms with Gasteiger partial charge in [0.05, 0.1) is 0 Å². The van der Waals surface area contributed by atoms with Crippen molar-refractivity contribution in [1.29, 1.82) is 0 Å². The molecule has 2 nitrogen and oxygen atoms in total. The quantitative estimate of drug-likeness (QED) is 0.746. The smallest absolute Gasteiger partial charge is 0.142 e. The maximum Gasteiger partial charge on any atom is 0.142 e. The number of thioether (sulfide) groups is 1. The maximum atomic E-state index is 5.87. The average Bonchev–Trinajstić information content (AvgIpc) is 2.38. The highest BCUT2D eigenvalue weighted by molar-refractivity contribution is 7.98. The Kier molecular flexibility index (Phi) is 4.55. The first-order valence-corrected chi connectivity index (χ1v) is 7.11. The fraction of sp³-hybridized carbons (Fsp3) is 0.538. The standard InChI is InChI=1S/C13H19NOS/c1-16-13-8-4-3-7-12(13)15-11-14-9-5-2-6-10-14/h3-4,7-8H,2,5-6,9-11H2,1H3. The Labute approximate surface area is 102 Å². The Morgan fingerprint density at radius 1 is 1.19 bits per heavy atom. The van der Waals surface area contributed by atoms with Gasteiger partial charge >= 0.3 is 0 Å². The zero-order chi connectivity index (χ0) is 11.2. The van der Waals surface area contributed by atoms with Crippen molar-refractivity contribution in [2.75, 3.05) is 26.1 Å². The molecule has 2 rings (SSSR count). The zero-order valence-corrected chi connectivity index (χ0v) is 10.6. The van der Waals surface area contributed by atoms with E-state index in [0.29, 0.717) is 0 Å². The van der Waals surface area contributed by atoms with Gasteiger partial charge in [0.1, 0.15) is 12.5 Å². The van der Waals surface area contributed by atoms with E-state index in [4.69, 9.17) is 4.74 Å². The summed E-state index contributed by atoms with van der Waals surface area (Å²) in [5, 5.41) is 0. The van der Waals surface area contributed by atoms with Crippen LogP contribution >= 0.6 is 11.8 Å². The summed E-state index contributed by atoms with van der Waals surface area (Å²) in [6.45, 7) is 3.10. The third kappa shape index (κ3) is 3.16. The van der Waals surface area contributed by atoms with E-state index in [-0.39, 0.29) is 0 Å². The third-order valence-electron chi connectivity index (χ3n) is 2.92. The second kappa shape index (κ2) is 6.16. The van der Waals surface area contributed by atoms with Crippen molar-refractivity contribution in [3.8, 4) is 5.75 Å². The summed E-state index contributed by atoms with van der Waals surface area (Å²) in [5.41, 5.74) is 0. The van der Waals surface area contributed by atoms with Gasteiger partial charge in [0.15, 0.2) is 0 Å². The molecule has 1 aromatic rings. The fourth-order valence-electron chi connectivity index (χ4n) is 1.99. The Balaban J connectivity index is 1.88. The van der Waals surface area contributed by atoms with Crippen molar-refractivity contribution in [2.24, 2.45) is 0 Å². The van der Waals surface area contributed by atoms with Crippen LogP contribution in [0.15, 0.2) is 29.2 Å². The molecule has 88 valence electrons. The van der Waals surface area contributed by atoms with E-state index in [1.54, 1.807) is 11.8 Å². The van der Waals surface area contributed by atoms with Gasteiger partial charge in [0.2, 0.25) is 0 Å². The molecule has 1 heterocycles. The van der Waals surface area contributed by atoms with Crippen LogP contribution in [0.3, 0.4) is 0 Å². The topological polar surface area (TPSA) is 12.5 Å². The second-order valence-electron chi connectivity index (χ2n) is 4.10. The molecule has 0 amide bonds. The lowest BCUT2D eigenvalue weighted by molar-refractivity contribution is 0.104. The first-order valence-electron chi connectivity index (χ1n) is 5.88. The molecule has 1 saturated heterocycles. The van der Waals surface area contributed by atoms with Gasteiger partial charge in [-0.25, -0.2) is 0 Å². The number of hydrogen-bond acceptors (Lipinski definition) is 3. The minimum absolute atomic E-state index is 0.734. The molecular formula is C13H19NOS. The van der Waals surface area contributed by atoms with E-state index in [2.05, 4.69) is 29.4 Å². The van der Waals surface area contributed by atoms with Crippen LogP contribution in [0.4, 0.5) is 0 Å². The van der Waals surface area contributed by atoms with Crippen LogP contribution in [0.1, 0.15) is 19.3 Å². The number of rotatable bonds is 4. The predicted molar refractivity (Wildman–Crippen MR) is 69.1 cm³/mol. The first-order chi connectivity index (χ1) is 7.90. The van der Waals surface area contributed by atoms with Gasteiger partial charge < -0.3 is 4.74 Å². The molecule has 16 heavy (non-hydrogen) atoms. The van der Waals surface area contributed by atoms with Crippen LogP contribution in [-0.4, -0.2) is 31.0 Å². The van der Waals surface area contributed by atoms with Gasteiger partial charge in [-0.3, -0.25) is 4.90 Å². The number of piperidine rings is 1. The van der Waals surface area contributed by atoms with Crippen LogP contribution in [-0.2, 0) is 0 Å². The van der Waals surface area contributed by atoms with E-state index in [0.717, 1.165) is 12.5 Å². The van der Waals surface area contributed by atoms with E-state index in [9.17, 15) is 0 Å². The molecule has 0 aromatic heterocycles. The van der Waals surface area contributed by atoms with Gasteiger partial charge in [-0.15, -0.1) is 11.8 Å². The molecule has 1 aliphatic rings. The normalized spacial score (nSPS) is 17.3. The molecule has 0 saturated carbocycles. The van der Waals surface area contributed by atoms with Crippen molar-refractivity contribution >= 4 is 11.8 Å². The molecule has 1 aliphatic heterocycles. The van der Waals surface area contributed by atoms with Crippen LogP contribution in [0.2, 0.25) is 0 Å². The molecule has 0 atom stereocenters. The summed E-state index contributed by atoms with van der Waals surface area (Å²) in [6, 6.07) is 8.25. The van der Waals surface area contributed by atoms with Gasteiger partial charge in [0, 0.05) is 18.0 Å². The van der Waals surface area contributed by atoms with Gasteiger partial charge in [0.25, 0.3) is 0 Å². The highest BCUT2D eigenvalue weighted by atomic mass is 32.2. The number of para-hydroxylation sites is 1. The second-order valence-corrected chi connectivity index (χ2v) is 4.95. The number of nitrogens with zero attached hydrogens (tertiary/aromatic N) is 1. The van der Waals surface area contributed by atoms with Crippen LogP contribution in [0, 0.1) is 0 Å². The maximum absolute atomic E-state index is 5.87. The molecule has 0 spiro atoms. The number of ether oxygens (including phenoxy) is 1. The molecule has 0 radical (unpaired) electrons. The van der Waals surface area contributed by atoms with Gasteiger partial charge in [-0.2, -0.15) is 0 Å². The van der Waals surface area contributed by atoms with E-state index in [1.807, 2.05) is 6.07 Å². The monoisotopic (exact) mass is 237 g/mol. The summed E-state index contributed by atoms with van der Waals surface area (Å²) in [6.07, 6.45) is 6.09. The Bertz CT molecular complexity index is 323. The SMILES string of the molecule is CSc1ccccc1OCN1CCCCC1. The highest BCUT2D eigenvalue weighted by Gasteiger charge is 2.10. The van der Waals surface area contributed by atoms with Crippen LogP contribution in [0.25, 0.3) is 0 Å². The minimum Gasteiger partial charge on any atom is -0.477 e. The number of hydrogen-bond donors (Lipinski definition) is 0. The Morgan fingerprint density at radius 2 is 1.94 bits per heavy atom. The summed E-state index contributed by atoms with van der Waals surface area (Å²) in [4.78, 5) is 3.61. The molecule has 3 heteroatoms. The first kappa shape index (κ1) is 11.8. The van der Waals surface area contributed by atoms with E-state index in [1.165, 1.54) is 37.2 Å².